The molecule has 25 heavy (non-hydrogen) atoms. The Morgan fingerprint density at radius 3 is 2.68 bits per heavy atom. The Labute approximate surface area is 144 Å². The van der Waals surface area contributed by atoms with Crippen molar-refractivity contribution in [3.05, 3.63) is 72.6 Å². The first-order chi connectivity index (χ1) is 12.3. The van der Waals surface area contributed by atoms with Gasteiger partial charge in [-0.15, -0.1) is 0 Å². The number of ether oxygens (including phenoxy) is 1. The monoisotopic (exact) mass is 332 g/mol. The van der Waals surface area contributed by atoms with Crippen LogP contribution in [0, 0.1) is 0 Å². The van der Waals surface area contributed by atoms with Gasteiger partial charge in [0.2, 0.25) is 0 Å². The van der Waals surface area contributed by atoms with E-state index in [1.807, 2.05) is 59.5 Å². The van der Waals surface area contributed by atoms with Crippen molar-refractivity contribution in [2.45, 2.75) is 0 Å². The van der Waals surface area contributed by atoms with E-state index in [0.29, 0.717) is 11.3 Å². The first kappa shape index (κ1) is 15.0. The first-order valence-corrected chi connectivity index (χ1v) is 7.82. The first-order valence-electron chi connectivity index (χ1n) is 7.82. The molecule has 1 aromatic heterocycles. The minimum absolute atomic E-state index is 0.138. The van der Waals surface area contributed by atoms with E-state index < -0.39 is 0 Å². The van der Waals surface area contributed by atoms with E-state index in [-0.39, 0.29) is 5.91 Å². The highest BCUT2D eigenvalue weighted by atomic mass is 16.5. The van der Waals surface area contributed by atoms with E-state index >= 15 is 0 Å². The number of aromatic nitrogens is 2. The van der Waals surface area contributed by atoms with E-state index in [1.165, 1.54) is 0 Å². The normalized spacial score (nSPS) is 14.3. The number of H-pyrrole nitrogens is 1. The van der Waals surface area contributed by atoms with Crippen molar-refractivity contribution in [2.24, 2.45) is 0 Å². The fourth-order valence-corrected chi connectivity index (χ4v) is 2.88. The van der Waals surface area contributed by atoms with Gasteiger partial charge < -0.3 is 10.1 Å². The van der Waals surface area contributed by atoms with Gasteiger partial charge in [0.05, 0.1) is 24.6 Å². The summed E-state index contributed by atoms with van der Waals surface area (Å²) < 4.78 is 5.48. The van der Waals surface area contributed by atoms with Gasteiger partial charge in [0.25, 0.3) is 5.91 Å². The van der Waals surface area contributed by atoms with Crippen LogP contribution in [0.15, 0.2) is 67.0 Å². The summed E-state index contributed by atoms with van der Waals surface area (Å²) in [6, 6.07) is 17.1. The molecular formula is C19H16N4O2. The van der Waals surface area contributed by atoms with Crippen LogP contribution in [-0.4, -0.2) is 23.2 Å². The summed E-state index contributed by atoms with van der Waals surface area (Å²) in [7, 11) is 1.62. The molecule has 2 heterocycles. The molecule has 3 aromatic rings. The largest absolute Gasteiger partial charge is 0.495 e. The number of para-hydroxylation sites is 3. The molecule has 0 bridgehead atoms. The minimum Gasteiger partial charge on any atom is -0.495 e. The maximum atomic E-state index is 12.5. The molecule has 6 heteroatoms. The zero-order chi connectivity index (χ0) is 17.2. The molecule has 0 saturated carbocycles. The lowest BCUT2D eigenvalue weighted by atomic mass is 10.1. The lowest BCUT2D eigenvalue weighted by Gasteiger charge is -2.21. The van der Waals surface area contributed by atoms with Gasteiger partial charge in [-0.25, -0.2) is 0 Å². The SMILES string of the molecule is COc1ccccc1N(C=C1C(=O)Nc2ccccc21)c1ccn[nH]1. The summed E-state index contributed by atoms with van der Waals surface area (Å²) in [5, 5.41) is 9.86. The third-order valence-electron chi connectivity index (χ3n) is 4.06. The average Bonchev–Trinajstić information content (AvgIpc) is 3.27. The van der Waals surface area contributed by atoms with Crippen LogP contribution in [0.3, 0.4) is 0 Å². The number of aromatic amines is 1. The predicted molar refractivity (Wildman–Crippen MR) is 96.8 cm³/mol. The number of fused-ring (bicyclic) bond motifs is 1. The van der Waals surface area contributed by atoms with Gasteiger partial charge in [0.1, 0.15) is 11.6 Å². The van der Waals surface area contributed by atoms with Crippen LogP contribution in [0.4, 0.5) is 17.2 Å². The topological polar surface area (TPSA) is 70.2 Å². The number of anilines is 3. The van der Waals surface area contributed by atoms with Crippen LogP contribution in [0.5, 0.6) is 5.75 Å². The standard InChI is InChI=1S/C19H16N4O2/c1-25-17-9-5-4-8-16(17)23(18-10-11-20-22-18)12-14-13-6-2-3-7-15(13)21-19(14)24/h2-12H,1H3,(H,20,22)(H,21,24). The highest BCUT2D eigenvalue weighted by Gasteiger charge is 2.25. The van der Waals surface area contributed by atoms with E-state index in [0.717, 1.165) is 22.8 Å². The van der Waals surface area contributed by atoms with Crippen molar-refractivity contribution in [3.63, 3.8) is 0 Å². The third kappa shape index (κ3) is 2.63. The van der Waals surface area contributed by atoms with Crippen LogP contribution in [-0.2, 0) is 4.79 Å². The van der Waals surface area contributed by atoms with Crippen LogP contribution >= 0.6 is 0 Å². The minimum atomic E-state index is -0.138. The third-order valence-corrected chi connectivity index (χ3v) is 4.06. The Morgan fingerprint density at radius 2 is 1.88 bits per heavy atom. The number of methoxy groups -OCH3 is 1. The Morgan fingerprint density at radius 1 is 1.08 bits per heavy atom. The number of benzene rings is 2. The van der Waals surface area contributed by atoms with Crippen molar-refractivity contribution in [1.29, 1.82) is 0 Å². The second-order valence-corrected chi connectivity index (χ2v) is 5.53. The number of rotatable bonds is 4. The summed E-state index contributed by atoms with van der Waals surface area (Å²) >= 11 is 0. The van der Waals surface area contributed by atoms with Crippen molar-refractivity contribution in [3.8, 4) is 5.75 Å². The number of carbonyl (C=O) groups is 1. The van der Waals surface area contributed by atoms with Gasteiger partial charge in [-0.3, -0.25) is 14.8 Å². The number of carbonyl (C=O) groups excluding carboxylic acids is 1. The number of nitrogens with zero attached hydrogens (tertiary/aromatic N) is 2. The molecule has 0 radical (unpaired) electrons. The van der Waals surface area contributed by atoms with Gasteiger partial charge in [0.15, 0.2) is 0 Å². The van der Waals surface area contributed by atoms with E-state index in [1.54, 1.807) is 19.5 Å². The molecule has 0 saturated heterocycles. The highest BCUT2D eigenvalue weighted by Crippen LogP contribution is 2.37. The van der Waals surface area contributed by atoms with Crippen LogP contribution in [0.1, 0.15) is 5.56 Å². The number of hydrogen-bond donors (Lipinski definition) is 2. The van der Waals surface area contributed by atoms with Gasteiger partial charge in [-0.1, -0.05) is 30.3 Å². The molecular weight excluding hydrogens is 316 g/mol. The molecule has 1 aliphatic heterocycles. The molecule has 0 fully saturated rings. The fourth-order valence-electron chi connectivity index (χ4n) is 2.88. The maximum Gasteiger partial charge on any atom is 0.257 e. The summed E-state index contributed by atoms with van der Waals surface area (Å²) in [6.45, 7) is 0. The van der Waals surface area contributed by atoms with Gasteiger partial charge >= 0.3 is 0 Å². The summed E-state index contributed by atoms with van der Waals surface area (Å²) in [5.74, 6) is 1.29. The lowest BCUT2D eigenvalue weighted by molar-refractivity contribution is -0.110. The van der Waals surface area contributed by atoms with E-state index in [9.17, 15) is 4.79 Å². The number of nitrogens with one attached hydrogen (secondary N) is 2. The van der Waals surface area contributed by atoms with Crippen LogP contribution < -0.4 is 15.0 Å². The zero-order valence-electron chi connectivity index (χ0n) is 13.6. The average molecular weight is 332 g/mol. The predicted octanol–water partition coefficient (Wildman–Crippen LogP) is 3.55. The molecule has 2 N–H and O–H groups in total. The lowest BCUT2D eigenvalue weighted by Crippen LogP contribution is -2.14. The van der Waals surface area contributed by atoms with Crippen molar-refractivity contribution >= 4 is 28.7 Å². The summed E-state index contributed by atoms with van der Waals surface area (Å²) in [4.78, 5) is 14.3. The van der Waals surface area contributed by atoms with Crippen molar-refractivity contribution in [2.75, 3.05) is 17.3 Å². The highest BCUT2D eigenvalue weighted by molar-refractivity contribution is 6.31. The molecule has 1 amide bonds. The van der Waals surface area contributed by atoms with Gasteiger partial charge in [0, 0.05) is 23.5 Å². The Hall–Kier alpha value is -3.54. The molecule has 6 nitrogen and oxygen atoms in total. The van der Waals surface area contributed by atoms with Crippen molar-refractivity contribution < 1.29 is 9.53 Å². The molecule has 0 spiro atoms. The second kappa shape index (κ2) is 6.16. The number of hydrogen-bond acceptors (Lipinski definition) is 4. The van der Waals surface area contributed by atoms with Crippen LogP contribution in [0.25, 0.3) is 5.57 Å². The Balaban J connectivity index is 1.87. The van der Waals surface area contributed by atoms with Crippen molar-refractivity contribution in [1.82, 2.24) is 10.2 Å². The zero-order valence-corrected chi connectivity index (χ0v) is 13.6. The quantitative estimate of drug-likeness (QED) is 0.717. The molecule has 0 aliphatic carbocycles. The molecule has 124 valence electrons. The summed E-state index contributed by atoms with van der Waals surface area (Å²) in [5.41, 5.74) is 3.06. The fraction of sp³-hybridized carbons (Fsp3) is 0.0526. The molecule has 4 rings (SSSR count). The number of amides is 1. The Kier molecular flexibility index (Phi) is 3.70. The van der Waals surface area contributed by atoms with Gasteiger partial charge in [-0.2, -0.15) is 5.10 Å². The second-order valence-electron chi connectivity index (χ2n) is 5.53. The smallest absolute Gasteiger partial charge is 0.257 e. The van der Waals surface area contributed by atoms with Crippen LogP contribution in [0.2, 0.25) is 0 Å². The Bertz CT molecular complexity index is 948. The maximum absolute atomic E-state index is 12.5. The molecule has 2 aromatic carbocycles. The van der Waals surface area contributed by atoms with Gasteiger partial charge in [-0.05, 0) is 18.2 Å². The molecule has 1 aliphatic rings. The summed E-state index contributed by atoms with van der Waals surface area (Å²) in [6.07, 6.45) is 3.46. The van der Waals surface area contributed by atoms with E-state index in [2.05, 4.69) is 15.5 Å². The molecule has 0 atom stereocenters. The van der Waals surface area contributed by atoms with E-state index in [4.69, 9.17) is 4.74 Å². The molecule has 0 unspecified atom stereocenters.